The molecule has 0 radical (unpaired) electrons. The number of rotatable bonds is 3. The van der Waals surface area contributed by atoms with E-state index < -0.39 is 0 Å². The van der Waals surface area contributed by atoms with Crippen molar-refractivity contribution in [1.29, 1.82) is 0 Å². The van der Waals surface area contributed by atoms with Crippen LogP contribution in [0.3, 0.4) is 0 Å². The fourth-order valence-electron chi connectivity index (χ4n) is 2.57. The Hall–Kier alpha value is -1.61. The lowest BCUT2D eigenvalue weighted by atomic mass is 9.96. The van der Waals surface area contributed by atoms with Crippen molar-refractivity contribution < 1.29 is 0 Å². The molecule has 2 aromatic rings. The number of benzene rings is 1. The number of nitrogens with zero attached hydrogens (tertiary/aromatic N) is 1. The van der Waals surface area contributed by atoms with E-state index in [4.69, 9.17) is 5.73 Å². The third kappa shape index (κ3) is 2.31. The van der Waals surface area contributed by atoms with E-state index in [9.17, 15) is 0 Å². The minimum absolute atomic E-state index is 0.623. The minimum Gasteiger partial charge on any atom is -0.346 e. The van der Waals surface area contributed by atoms with Gasteiger partial charge in [0.1, 0.15) is 5.82 Å². The number of aromatic nitrogens is 2. The summed E-state index contributed by atoms with van der Waals surface area (Å²) in [4.78, 5) is 8.01. The average molecular weight is 243 g/mol. The molecular weight excluding hydrogens is 222 g/mol. The number of nitrogens with one attached hydrogen (secondary N) is 1. The Kier molecular flexibility index (Phi) is 3.53. The fourth-order valence-corrected chi connectivity index (χ4v) is 2.57. The number of hydrogen-bond acceptors (Lipinski definition) is 2. The van der Waals surface area contributed by atoms with E-state index in [2.05, 4.69) is 49.8 Å². The summed E-state index contributed by atoms with van der Waals surface area (Å²) >= 11 is 0. The second kappa shape index (κ2) is 4.94. The van der Waals surface area contributed by atoms with Gasteiger partial charge in [-0.25, -0.2) is 4.98 Å². The molecule has 0 atom stereocenters. The molecule has 1 heterocycles. The summed E-state index contributed by atoms with van der Waals surface area (Å²) in [6.07, 6.45) is 0.796. The lowest BCUT2D eigenvalue weighted by Gasteiger charge is -2.09. The summed E-state index contributed by atoms with van der Waals surface area (Å²) in [5.74, 6) is 0.976. The largest absolute Gasteiger partial charge is 0.346 e. The van der Waals surface area contributed by atoms with Gasteiger partial charge in [-0.05, 0) is 45.4 Å². The Labute approximate surface area is 108 Å². The molecule has 1 aromatic carbocycles. The average Bonchev–Trinajstić information content (AvgIpc) is 2.59. The van der Waals surface area contributed by atoms with Crippen molar-refractivity contribution in [3.05, 3.63) is 40.3 Å². The van der Waals surface area contributed by atoms with Gasteiger partial charge in [-0.15, -0.1) is 0 Å². The lowest BCUT2D eigenvalue weighted by Crippen LogP contribution is -2.03. The molecule has 0 bridgehead atoms. The van der Waals surface area contributed by atoms with Crippen LogP contribution in [0, 0.1) is 27.7 Å². The first-order chi connectivity index (χ1) is 8.52. The van der Waals surface area contributed by atoms with Crippen LogP contribution >= 0.6 is 0 Å². The number of imidazole rings is 1. The van der Waals surface area contributed by atoms with Crippen molar-refractivity contribution in [2.75, 3.05) is 6.54 Å². The van der Waals surface area contributed by atoms with Crippen LogP contribution < -0.4 is 5.73 Å². The Balaban J connectivity index is 2.55. The van der Waals surface area contributed by atoms with Gasteiger partial charge in [0.25, 0.3) is 0 Å². The molecule has 18 heavy (non-hydrogen) atoms. The van der Waals surface area contributed by atoms with Gasteiger partial charge >= 0.3 is 0 Å². The zero-order valence-corrected chi connectivity index (χ0v) is 11.6. The number of nitrogens with two attached hydrogens (primary N) is 1. The minimum atomic E-state index is 0.623. The van der Waals surface area contributed by atoms with E-state index in [1.54, 1.807) is 0 Å². The molecule has 0 aliphatic carbocycles. The van der Waals surface area contributed by atoms with Crippen LogP contribution in [0.5, 0.6) is 0 Å². The van der Waals surface area contributed by atoms with Crippen molar-refractivity contribution in [2.45, 2.75) is 34.1 Å². The molecular formula is C15H21N3. The van der Waals surface area contributed by atoms with Gasteiger partial charge in [-0.1, -0.05) is 17.7 Å². The predicted molar refractivity (Wildman–Crippen MR) is 75.7 cm³/mol. The van der Waals surface area contributed by atoms with E-state index in [-0.39, 0.29) is 0 Å². The van der Waals surface area contributed by atoms with Gasteiger partial charge in [0, 0.05) is 17.7 Å². The highest BCUT2D eigenvalue weighted by molar-refractivity contribution is 5.70. The Bertz CT molecular complexity index is 544. The van der Waals surface area contributed by atoms with Crippen LogP contribution in [0.15, 0.2) is 12.1 Å². The zero-order chi connectivity index (χ0) is 13.3. The summed E-state index contributed by atoms with van der Waals surface area (Å²) in [5, 5.41) is 0. The van der Waals surface area contributed by atoms with Crippen LogP contribution in [-0.2, 0) is 6.42 Å². The Morgan fingerprint density at radius 1 is 1.11 bits per heavy atom. The molecule has 3 heteroatoms. The van der Waals surface area contributed by atoms with Crippen LogP contribution in [0.2, 0.25) is 0 Å². The van der Waals surface area contributed by atoms with Crippen molar-refractivity contribution in [1.82, 2.24) is 9.97 Å². The number of hydrogen-bond donors (Lipinski definition) is 2. The van der Waals surface area contributed by atoms with Crippen molar-refractivity contribution in [3.8, 4) is 11.3 Å². The highest BCUT2D eigenvalue weighted by Gasteiger charge is 2.13. The first-order valence-electron chi connectivity index (χ1n) is 6.36. The van der Waals surface area contributed by atoms with Crippen LogP contribution in [-0.4, -0.2) is 16.5 Å². The maximum atomic E-state index is 5.58. The predicted octanol–water partition coefficient (Wildman–Crippen LogP) is 2.81. The van der Waals surface area contributed by atoms with Gasteiger partial charge < -0.3 is 10.7 Å². The molecule has 0 saturated carbocycles. The third-order valence-corrected chi connectivity index (χ3v) is 3.23. The number of H-pyrrole nitrogens is 1. The second-order valence-electron chi connectivity index (χ2n) is 4.97. The standard InChI is InChI=1S/C15H21N3/c1-9-7-10(2)14(11(3)8-9)15-12(4)17-13(18-15)5-6-16/h7-8H,5-6,16H2,1-4H3,(H,17,18). The van der Waals surface area contributed by atoms with Gasteiger partial charge in [-0.2, -0.15) is 0 Å². The normalized spacial score (nSPS) is 10.9. The molecule has 0 spiro atoms. The second-order valence-corrected chi connectivity index (χ2v) is 4.97. The van der Waals surface area contributed by atoms with Gasteiger partial charge in [-0.3, -0.25) is 0 Å². The molecule has 0 unspecified atom stereocenters. The highest BCUT2D eigenvalue weighted by Crippen LogP contribution is 2.29. The monoisotopic (exact) mass is 243 g/mol. The number of aryl methyl sites for hydroxylation is 4. The molecule has 0 aliphatic rings. The first-order valence-corrected chi connectivity index (χ1v) is 6.36. The van der Waals surface area contributed by atoms with Crippen molar-refractivity contribution in [2.24, 2.45) is 5.73 Å². The van der Waals surface area contributed by atoms with Crippen LogP contribution in [0.1, 0.15) is 28.2 Å². The Morgan fingerprint density at radius 3 is 2.28 bits per heavy atom. The van der Waals surface area contributed by atoms with E-state index in [1.165, 1.54) is 22.3 Å². The molecule has 3 N–H and O–H groups in total. The summed E-state index contributed by atoms with van der Waals surface area (Å²) < 4.78 is 0. The molecule has 1 aromatic heterocycles. The van der Waals surface area contributed by atoms with Crippen molar-refractivity contribution in [3.63, 3.8) is 0 Å². The van der Waals surface area contributed by atoms with Crippen molar-refractivity contribution >= 4 is 0 Å². The maximum Gasteiger partial charge on any atom is 0.108 e. The molecule has 0 fully saturated rings. The van der Waals surface area contributed by atoms with Crippen LogP contribution in [0.4, 0.5) is 0 Å². The van der Waals surface area contributed by atoms with Gasteiger partial charge in [0.05, 0.1) is 5.69 Å². The van der Waals surface area contributed by atoms with E-state index in [0.717, 1.165) is 23.6 Å². The Morgan fingerprint density at radius 2 is 1.72 bits per heavy atom. The van der Waals surface area contributed by atoms with Gasteiger partial charge in [0.2, 0.25) is 0 Å². The molecule has 96 valence electrons. The summed E-state index contributed by atoms with van der Waals surface area (Å²) in [5.41, 5.74) is 12.9. The van der Waals surface area contributed by atoms with Gasteiger partial charge in [0.15, 0.2) is 0 Å². The molecule has 0 saturated heterocycles. The SMILES string of the molecule is Cc1cc(C)c(-c2nc(CCN)[nH]c2C)c(C)c1. The first kappa shape index (κ1) is 12.8. The third-order valence-electron chi connectivity index (χ3n) is 3.23. The summed E-state index contributed by atoms with van der Waals surface area (Å²) in [6.45, 7) is 9.11. The summed E-state index contributed by atoms with van der Waals surface area (Å²) in [7, 11) is 0. The maximum absolute atomic E-state index is 5.58. The van der Waals surface area contributed by atoms with E-state index in [1.807, 2.05) is 0 Å². The summed E-state index contributed by atoms with van der Waals surface area (Å²) in [6, 6.07) is 4.41. The molecule has 2 rings (SSSR count). The topological polar surface area (TPSA) is 54.7 Å². The fraction of sp³-hybridized carbons (Fsp3) is 0.400. The quantitative estimate of drug-likeness (QED) is 0.871. The van der Waals surface area contributed by atoms with E-state index >= 15 is 0 Å². The number of aromatic amines is 1. The molecule has 0 amide bonds. The molecule has 3 nitrogen and oxygen atoms in total. The van der Waals surface area contributed by atoms with E-state index in [0.29, 0.717) is 6.54 Å². The smallest absolute Gasteiger partial charge is 0.108 e. The van der Waals surface area contributed by atoms with Crippen LogP contribution in [0.25, 0.3) is 11.3 Å². The lowest BCUT2D eigenvalue weighted by molar-refractivity contribution is 0.891. The zero-order valence-electron chi connectivity index (χ0n) is 11.6. The molecule has 0 aliphatic heterocycles. The highest BCUT2D eigenvalue weighted by atomic mass is 14.9.